The molecule has 1 amide bonds. The molecule has 0 bridgehead atoms. The van der Waals surface area contributed by atoms with Crippen LogP contribution in [0.2, 0.25) is 0 Å². The van der Waals surface area contributed by atoms with Gasteiger partial charge in [0.15, 0.2) is 0 Å². The first-order valence-electron chi connectivity index (χ1n) is 7.87. The summed E-state index contributed by atoms with van der Waals surface area (Å²) < 4.78 is 38.3. The molecule has 0 aliphatic heterocycles. The van der Waals surface area contributed by atoms with Gasteiger partial charge in [-0.25, -0.2) is 8.78 Å². The van der Waals surface area contributed by atoms with Gasteiger partial charge in [0.05, 0.1) is 13.2 Å². The molecule has 0 aromatic heterocycles. The van der Waals surface area contributed by atoms with Gasteiger partial charge in [0.1, 0.15) is 18.2 Å². The van der Waals surface area contributed by atoms with Crippen LogP contribution in [0.1, 0.15) is 31.2 Å². The Kier molecular flexibility index (Phi) is 6.47. The molecule has 6 heteroatoms. The molecule has 1 aliphatic carbocycles. The van der Waals surface area contributed by atoms with E-state index in [0.717, 1.165) is 12.8 Å². The number of carbonyl (C=O) groups excluding carboxylic acids is 1. The molecular weight excluding hydrogens is 304 g/mol. The van der Waals surface area contributed by atoms with Gasteiger partial charge >= 0.3 is 0 Å². The summed E-state index contributed by atoms with van der Waals surface area (Å²) in [4.78, 5) is 11.8. The zero-order valence-electron chi connectivity index (χ0n) is 13.4. The predicted molar refractivity (Wildman–Crippen MR) is 82.2 cm³/mol. The lowest BCUT2D eigenvalue weighted by Crippen LogP contribution is -2.41. The maximum Gasteiger partial charge on any atom is 0.246 e. The molecule has 0 unspecified atom stereocenters. The highest BCUT2D eigenvalue weighted by atomic mass is 19.1. The number of hydrogen-bond acceptors (Lipinski definition) is 3. The van der Waals surface area contributed by atoms with E-state index in [1.807, 2.05) is 0 Å². The first-order chi connectivity index (χ1) is 11.1. The number of ether oxygens (including phenoxy) is 2. The van der Waals surface area contributed by atoms with Gasteiger partial charge in [-0.05, 0) is 25.0 Å². The highest BCUT2D eigenvalue weighted by Gasteiger charge is 2.40. The number of rotatable bonds is 8. The van der Waals surface area contributed by atoms with E-state index in [9.17, 15) is 13.6 Å². The van der Waals surface area contributed by atoms with E-state index in [1.165, 1.54) is 18.2 Å². The summed E-state index contributed by atoms with van der Waals surface area (Å²) in [5.74, 6) is -1.38. The summed E-state index contributed by atoms with van der Waals surface area (Å²) in [7, 11) is 1.55. The lowest BCUT2D eigenvalue weighted by Gasteiger charge is -2.30. The van der Waals surface area contributed by atoms with Crippen molar-refractivity contribution >= 4 is 5.91 Å². The second-order valence-corrected chi connectivity index (χ2v) is 5.91. The van der Waals surface area contributed by atoms with Crippen LogP contribution in [0.25, 0.3) is 0 Å². The number of carbonyl (C=O) groups is 1. The molecule has 0 saturated heterocycles. The molecule has 0 spiro atoms. The van der Waals surface area contributed by atoms with E-state index < -0.39 is 17.0 Å². The van der Waals surface area contributed by atoms with Crippen molar-refractivity contribution in [3.05, 3.63) is 35.4 Å². The van der Waals surface area contributed by atoms with Crippen LogP contribution in [0, 0.1) is 11.6 Å². The Morgan fingerprint density at radius 1 is 1.22 bits per heavy atom. The van der Waals surface area contributed by atoms with E-state index in [-0.39, 0.29) is 24.6 Å². The van der Waals surface area contributed by atoms with Crippen LogP contribution in [0.15, 0.2) is 18.2 Å². The van der Waals surface area contributed by atoms with Crippen molar-refractivity contribution in [3.8, 4) is 0 Å². The maximum absolute atomic E-state index is 14.2. The van der Waals surface area contributed by atoms with Crippen LogP contribution >= 0.6 is 0 Å². The fourth-order valence-electron chi connectivity index (χ4n) is 3.20. The summed E-state index contributed by atoms with van der Waals surface area (Å²) in [6, 6.07) is 3.90. The third-order valence-electron chi connectivity index (χ3n) is 4.34. The van der Waals surface area contributed by atoms with Crippen molar-refractivity contribution in [1.29, 1.82) is 0 Å². The molecular formula is C17H23F2NO3. The Hall–Kier alpha value is -1.53. The summed E-state index contributed by atoms with van der Waals surface area (Å²) in [5.41, 5.74) is -0.574. The first-order valence-corrected chi connectivity index (χ1v) is 7.87. The van der Waals surface area contributed by atoms with E-state index in [0.29, 0.717) is 26.1 Å². The highest BCUT2D eigenvalue weighted by Crippen LogP contribution is 2.42. The van der Waals surface area contributed by atoms with E-state index in [2.05, 4.69) is 5.32 Å². The number of hydrogen-bond donors (Lipinski definition) is 1. The minimum Gasteiger partial charge on any atom is -0.382 e. The second-order valence-electron chi connectivity index (χ2n) is 5.91. The van der Waals surface area contributed by atoms with Gasteiger partial charge in [-0.15, -0.1) is 0 Å². The van der Waals surface area contributed by atoms with Gasteiger partial charge < -0.3 is 14.8 Å². The molecule has 0 atom stereocenters. The Bertz CT molecular complexity index is 510. The van der Waals surface area contributed by atoms with Gasteiger partial charge in [-0.3, -0.25) is 4.79 Å². The predicted octanol–water partition coefficient (Wildman–Crippen LogP) is 2.56. The largest absolute Gasteiger partial charge is 0.382 e. The SMILES string of the molecule is COCCOCC(=O)NCC1(c2c(F)cccc2F)CCCC1. The average molecular weight is 327 g/mol. The van der Waals surface area contributed by atoms with E-state index in [4.69, 9.17) is 9.47 Å². The zero-order valence-corrected chi connectivity index (χ0v) is 13.4. The molecule has 2 rings (SSSR count). The van der Waals surface area contributed by atoms with Crippen LogP contribution in [-0.4, -0.2) is 39.4 Å². The topological polar surface area (TPSA) is 47.6 Å². The quantitative estimate of drug-likeness (QED) is 0.747. The molecule has 23 heavy (non-hydrogen) atoms. The van der Waals surface area contributed by atoms with E-state index in [1.54, 1.807) is 7.11 Å². The lowest BCUT2D eigenvalue weighted by molar-refractivity contribution is -0.126. The molecule has 1 fully saturated rings. The zero-order chi connectivity index (χ0) is 16.7. The number of nitrogens with one attached hydrogen (secondary N) is 1. The summed E-state index contributed by atoms with van der Waals surface area (Å²) >= 11 is 0. The standard InChI is InChI=1S/C17H23F2NO3/c1-22-9-10-23-11-15(21)20-12-17(7-2-3-8-17)16-13(18)5-4-6-14(16)19/h4-6H,2-3,7-12H2,1H3,(H,20,21). The van der Waals surface area contributed by atoms with Gasteiger partial charge in [0, 0.05) is 24.6 Å². The van der Waals surface area contributed by atoms with Gasteiger partial charge in [0.25, 0.3) is 0 Å². The minimum absolute atomic E-state index is 0.0841. The number of benzene rings is 1. The second kappa shape index (κ2) is 8.36. The third-order valence-corrected chi connectivity index (χ3v) is 4.34. The average Bonchev–Trinajstić information content (AvgIpc) is 2.99. The van der Waals surface area contributed by atoms with Crippen LogP contribution in [0.3, 0.4) is 0 Å². The minimum atomic E-state index is -0.669. The van der Waals surface area contributed by atoms with Crippen molar-refractivity contribution in [2.24, 2.45) is 0 Å². The first kappa shape index (κ1) is 17.8. The fourth-order valence-corrected chi connectivity index (χ4v) is 3.20. The highest BCUT2D eigenvalue weighted by molar-refractivity contribution is 5.77. The number of methoxy groups -OCH3 is 1. The smallest absolute Gasteiger partial charge is 0.246 e. The van der Waals surface area contributed by atoms with Crippen LogP contribution < -0.4 is 5.32 Å². The molecule has 1 aromatic carbocycles. The molecule has 4 nitrogen and oxygen atoms in total. The van der Waals surface area contributed by atoms with Gasteiger partial charge in [-0.2, -0.15) is 0 Å². The van der Waals surface area contributed by atoms with Crippen LogP contribution in [-0.2, 0) is 19.7 Å². The van der Waals surface area contributed by atoms with Crippen molar-refractivity contribution in [1.82, 2.24) is 5.32 Å². The molecule has 1 aromatic rings. The Balaban J connectivity index is 2.00. The third kappa shape index (κ3) is 4.48. The van der Waals surface area contributed by atoms with Crippen molar-refractivity contribution in [2.75, 3.05) is 33.5 Å². The lowest BCUT2D eigenvalue weighted by atomic mass is 9.78. The molecule has 1 aliphatic rings. The number of amides is 1. The van der Waals surface area contributed by atoms with Crippen LogP contribution in [0.4, 0.5) is 8.78 Å². The van der Waals surface area contributed by atoms with Gasteiger partial charge in [0.2, 0.25) is 5.91 Å². The molecule has 1 N–H and O–H groups in total. The Morgan fingerprint density at radius 3 is 2.48 bits per heavy atom. The molecule has 0 radical (unpaired) electrons. The molecule has 1 saturated carbocycles. The van der Waals surface area contributed by atoms with Crippen molar-refractivity contribution in [2.45, 2.75) is 31.1 Å². The monoisotopic (exact) mass is 327 g/mol. The van der Waals surface area contributed by atoms with Crippen molar-refractivity contribution in [3.63, 3.8) is 0 Å². The molecule has 128 valence electrons. The van der Waals surface area contributed by atoms with E-state index >= 15 is 0 Å². The van der Waals surface area contributed by atoms with Crippen molar-refractivity contribution < 1.29 is 23.0 Å². The molecule has 0 heterocycles. The van der Waals surface area contributed by atoms with Gasteiger partial charge in [-0.1, -0.05) is 18.9 Å². The fraction of sp³-hybridized carbons (Fsp3) is 0.588. The Morgan fingerprint density at radius 2 is 1.87 bits per heavy atom. The van der Waals surface area contributed by atoms with Crippen LogP contribution in [0.5, 0.6) is 0 Å². The maximum atomic E-state index is 14.2. The summed E-state index contributed by atoms with van der Waals surface area (Å²) in [6.07, 6.45) is 3.12. The Labute approximate surface area is 135 Å². The number of halogens is 2. The summed E-state index contributed by atoms with van der Waals surface area (Å²) in [6.45, 7) is 0.880. The summed E-state index contributed by atoms with van der Waals surface area (Å²) in [5, 5.41) is 2.76. The normalized spacial score (nSPS) is 16.5.